The first kappa shape index (κ1) is 14.6. The molecule has 0 aromatic heterocycles. The third kappa shape index (κ3) is 3.51. The molecule has 0 unspecified atom stereocenters. The average Bonchev–Trinajstić information content (AvgIpc) is 2.43. The average molecular weight is 269 g/mol. The van der Waals surface area contributed by atoms with Crippen LogP contribution in [0.3, 0.4) is 0 Å². The standard InChI is InChI=1S/C12H15NO6/c1-17-7-4-9(18-2)8(10(5-7)19-3)6-13-11(14)12(15)16/h4-5H,6H2,1-3H3,(H,13,14)(H,15,16). The second kappa shape index (κ2) is 6.48. The maximum Gasteiger partial charge on any atom is 0.394 e. The predicted molar refractivity (Wildman–Crippen MR) is 65.6 cm³/mol. The van der Waals surface area contributed by atoms with Gasteiger partial charge in [0.15, 0.2) is 0 Å². The van der Waals surface area contributed by atoms with Crippen molar-refractivity contribution in [3.8, 4) is 17.2 Å². The van der Waals surface area contributed by atoms with Gasteiger partial charge in [-0.15, -0.1) is 0 Å². The number of carbonyl (C=O) groups is 2. The van der Waals surface area contributed by atoms with E-state index in [1.54, 1.807) is 12.1 Å². The predicted octanol–water partition coefficient (Wildman–Crippen LogP) is 0.413. The quantitative estimate of drug-likeness (QED) is 0.752. The zero-order valence-corrected chi connectivity index (χ0v) is 10.9. The van der Waals surface area contributed by atoms with Gasteiger partial charge in [-0.2, -0.15) is 0 Å². The number of methoxy groups -OCH3 is 3. The summed E-state index contributed by atoms with van der Waals surface area (Å²) >= 11 is 0. The van der Waals surface area contributed by atoms with Gasteiger partial charge < -0.3 is 24.6 Å². The minimum absolute atomic E-state index is 0.0263. The number of benzene rings is 1. The van der Waals surface area contributed by atoms with Crippen molar-refractivity contribution >= 4 is 11.9 Å². The summed E-state index contributed by atoms with van der Waals surface area (Å²) in [6.07, 6.45) is 0. The fraction of sp³-hybridized carbons (Fsp3) is 0.333. The maximum absolute atomic E-state index is 11.0. The highest BCUT2D eigenvalue weighted by Crippen LogP contribution is 2.33. The van der Waals surface area contributed by atoms with Crippen molar-refractivity contribution in [2.75, 3.05) is 21.3 Å². The van der Waals surface area contributed by atoms with Crippen molar-refractivity contribution in [1.82, 2.24) is 5.32 Å². The molecule has 1 amide bonds. The van der Waals surface area contributed by atoms with Crippen LogP contribution < -0.4 is 19.5 Å². The lowest BCUT2D eigenvalue weighted by Gasteiger charge is -2.15. The Balaban J connectivity index is 3.03. The maximum atomic E-state index is 11.0. The number of amides is 1. The molecular weight excluding hydrogens is 254 g/mol. The highest BCUT2D eigenvalue weighted by Gasteiger charge is 2.16. The summed E-state index contributed by atoms with van der Waals surface area (Å²) in [5.74, 6) is -1.25. The molecule has 0 saturated heterocycles. The second-order valence-corrected chi connectivity index (χ2v) is 3.50. The SMILES string of the molecule is COc1cc(OC)c(CNC(=O)C(=O)O)c(OC)c1. The molecule has 1 aromatic rings. The largest absolute Gasteiger partial charge is 0.496 e. The molecule has 0 spiro atoms. The molecule has 0 radical (unpaired) electrons. The van der Waals surface area contributed by atoms with Crippen LogP contribution in [0.25, 0.3) is 0 Å². The lowest BCUT2D eigenvalue weighted by atomic mass is 10.1. The fourth-order valence-corrected chi connectivity index (χ4v) is 1.50. The number of hydrogen-bond donors (Lipinski definition) is 2. The van der Waals surface area contributed by atoms with E-state index >= 15 is 0 Å². The second-order valence-electron chi connectivity index (χ2n) is 3.50. The van der Waals surface area contributed by atoms with Crippen LogP contribution in [0.1, 0.15) is 5.56 Å². The molecule has 0 aliphatic heterocycles. The Labute approximate surface area is 110 Å². The van der Waals surface area contributed by atoms with Crippen LogP contribution in [0.5, 0.6) is 17.2 Å². The summed E-state index contributed by atoms with van der Waals surface area (Å²) in [4.78, 5) is 21.5. The number of hydrogen-bond acceptors (Lipinski definition) is 5. The Bertz CT molecular complexity index is 460. The van der Waals surface area contributed by atoms with Crippen LogP contribution in [-0.4, -0.2) is 38.3 Å². The van der Waals surface area contributed by atoms with E-state index in [0.29, 0.717) is 22.8 Å². The third-order valence-electron chi connectivity index (χ3n) is 2.44. The first-order valence-electron chi connectivity index (χ1n) is 5.33. The van der Waals surface area contributed by atoms with Crippen LogP contribution in [0.15, 0.2) is 12.1 Å². The number of aliphatic carboxylic acids is 1. The van der Waals surface area contributed by atoms with Gasteiger partial charge in [0.25, 0.3) is 0 Å². The van der Waals surface area contributed by atoms with Crippen LogP contribution in [0, 0.1) is 0 Å². The van der Waals surface area contributed by atoms with Crippen molar-refractivity contribution in [2.45, 2.75) is 6.54 Å². The van der Waals surface area contributed by atoms with Gasteiger partial charge in [-0.1, -0.05) is 0 Å². The summed E-state index contributed by atoms with van der Waals surface area (Å²) in [6, 6.07) is 3.23. The molecule has 1 aromatic carbocycles. The van der Waals surface area contributed by atoms with Gasteiger partial charge >= 0.3 is 11.9 Å². The molecule has 104 valence electrons. The van der Waals surface area contributed by atoms with Gasteiger partial charge in [0.05, 0.1) is 33.4 Å². The molecule has 0 heterocycles. The summed E-state index contributed by atoms with van der Waals surface area (Å²) in [7, 11) is 4.41. The normalized spacial score (nSPS) is 9.63. The van der Waals surface area contributed by atoms with Crippen molar-refractivity contribution in [2.24, 2.45) is 0 Å². The van der Waals surface area contributed by atoms with E-state index in [1.165, 1.54) is 21.3 Å². The molecule has 0 bridgehead atoms. The monoisotopic (exact) mass is 269 g/mol. The van der Waals surface area contributed by atoms with Crippen molar-refractivity contribution in [1.29, 1.82) is 0 Å². The Morgan fingerprint density at radius 2 is 1.63 bits per heavy atom. The number of carboxylic acid groups (broad SMARTS) is 1. The molecule has 0 aliphatic carbocycles. The minimum Gasteiger partial charge on any atom is -0.496 e. The van der Waals surface area contributed by atoms with Crippen LogP contribution in [-0.2, 0) is 16.1 Å². The van der Waals surface area contributed by atoms with E-state index in [4.69, 9.17) is 19.3 Å². The Morgan fingerprint density at radius 3 is 2.00 bits per heavy atom. The van der Waals surface area contributed by atoms with Crippen LogP contribution in [0.2, 0.25) is 0 Å². The Morgan fingerprint density at radius 1 is 1.11 bits per heavy atom. The first-order chi connectivity index (χ1) is 9.03. The zero-order valence-electron chi connectivity index (χ0n) is 10.9. The van der Waals surface area contributed by atoms with E-state index in [1.807, 2.05) is 0 Å². The number of carboxylic acids is 1. The molecule has 0 saturated carbocycles. The van der Waals surface area contributed by atoms with Gasteiger partial charge in [-0.05, 0) is 0 Å². The van der Waals surface area contributed by atoms with E-state index in [-0.39, 0.29) is 6.54 Å². The van der Waals surface area contributed by atoms with E-state index in [2.05, 4.69) is 5.32 Å². The lowest BCUT2D eigenvalue weighted by Crippen LogP contribution is -2.30. The number of carbonyl (C=O) groups excluding carboxylic acids is 1. The topological polar surface area (TPSA) is 94.1 Å². The summed E-state index contributed by atoms with van der Waals surface area (Å²) in [5.41, 5.74) is 0.528. The van der Waals surface area contributed by atoms with Gasteiger partial charge in [-0.25, -0.2) is 4.79 Å². The molecule has 1 rings (SSSR count). The molecule has 0 atom stereocenters. The fourth-order valence-electron chi connectivity index (χ4n) is 1.50. The summed E-state index contributed by atoms with van der Waals surface area (Å²) in [5, 5.41) is 10.7. The molecule has 2 N–H and O–H groups in total. The van der Waals surface area contributed by atoms with Gasteiger partial charge in [0, 0.05) is 12.1 Å². The lowest BCUT2D eigenvalue weighted by molar-refractivity contribution is -0.150. The highest BCUT2D eigenvalue weighted by atomic mass is 16.5. The Hall–Kier alpha value is -2.44. The third-order valence-corrected chi connectivity index (χ3v) is 2.44. The molecular formula is C12H15NO6. The summed E-state index contributed by atoms with van der Waals surface area (Å²) < 4.78 is 15.4. The van der Waals surface area contributed by atoms with E-state index in [0.717, 1.165) is 0 Å². The van der Waals surface area contributed by atoms with E-state index < -0.39 is 11.9 Å². The molecule has 19 heavy (non-hydrogen) atoms. The van der Waals surface area contributed by atoms with Gasteiger partial charge in [0.2, 0.25) is 0 Å². The van der Waals surface area contributed by atoms with Crippen molar-refractivity contribution < 1.29 is 28.9 Å². The molecule has 0 aliphatic rings. The van der Waals surface area contributed by atoms with Crippen molar-refractivity contribution in [3.63, 3.8) is 0 Å². The van der Waals surface area contributed by atoms with Crippen LogP contribution >= 0.6 is 0 Å². The number of nitrogens with one attached hydrogen (secondary N) is 1. The molecule has 7 heteroatoms. The van der Waals surface area contributed by atoms with Crippen LogP contribution in [0.4, 0.5) is 0 Å². The van der Waals surface area contributed by atoms with E-state index in [9.17, 15) is 9.59 Å². The van der Waals surface area contributed by atoms with Gasteiger partial charge in [0.1, 0.15) is 17.2 Å². The molecule has 7 nitrogen and oxygen atoms in total. The smallest absolute Gasteiger partial charge is 0.394 e. The van der Waals surface area contributed by atoms with Crippen molar-refractivity contribution in [3.05, 3.63) is 17.7 Å². The number of ether oxygens (including phenoxy) is 3. The number of rotatable bonds is 5. The molecule has 0 fully saturated rings. The highest BCUT2D eigenvalue weighted by molar-refractivity contribution is 6.31. The Kier molecular flexibility index (Phi) is 4.99. The summed E-state index contributed by atoms with van der Waals surface area (Å²) in [6.45, 7) is -0.0263. The zero-order chi connectivity index (χ0) is 14.4. The van der Waals surface area contributed by atoms with Gasteiger partial charge in [-0.3, -0.25) is 4.79 Å². The first-order valence-corrected chi connectivity index (χ1v) is 5.33. The minimum atomic E-state index is -1.55.